The van der Waals surface area contributed by atoms with Gasteiger partial charge >= 0.3 is 6.09 Å². The van der Waals surface area contributed by atoms with E-state index >= 15 is 0 Å². The monoisotopic (exact) mass is 400 g/mol. The second-order valence-corrected chi connectivity index (χ2v) is 6.30. The highest BCUT2D eigenvalue weighted by atomic mass is 32.1. The van der Waals surface area contributed by atoms with Crippen LogP contribution in [0.25, 0.3) is 0 Å². The fraction of sp³-hybridized carbons (Fsp3) is 0.438. The number of thiocarbonyl (C=S) groups is 1. The molecule has 0 spiro atoms. The molecule has 1 aromatic rings. The number of cyclic esters (lactones) is 1. The highest BCUT2D eigenvalue weighted by molar-refractivity contribution is 7.80. The van der Waals surface area contributed by atoms with Crippen LogP contribution in [-0.4, -0.2) is 56.2 Å². The first-order valence-electron chi connectivity index (χ1n) is 8.28. The van der Waals surface area contributed by atoms with Gasteiger partial charge in [0.25, 0.3) is 5.17 Å². The maximum atomic E-state index is 14.5. The summed E-state index contributed by atoms with van der Waals surface area (Å²) in [5.41, 5.74) is -0.280. The molecule has 11 heteroatoms. The van der Waals surface area contributed by atoms with Crippen LogP contribution in [0, 0.1) is 11.6 Å². The first-order valence-corrected chi connectivity index (χ1v) is 8.69. The molecule has 2 amide bonds. The Balaban J connectivity index is 1.70. The van der Waals surface area contributed by atoms with Crippen molar-refractivity contribution in [3.05, 3.63) is 23.8 Å². The number of nitrogens with zero attached hydrogens (tertiary/aromatic N) is 2. The van der Waals surface area contributed by atoms with E-state index in [2.05, 4.69) is 10.6 Å². The number of carbonyl (C=O) groups is 2. The molecule has 3 rings (SSSR count). The van der Waals surface area contributed by atoms with Gasteiger partial charge in [0.15, 0.2) is 11.6 Å². The minimum atomic E-state index is -0.867. The Morgan fingerprint density at radius 3 is 2.70 bits per heavy atom. The number of ether oxygens (including phenoxy) is 2. The van der Waals surface area contributed by atoms with Gasteiger partial charge in [0.05, 0.1) is 38.6 Å². The topological polar surface area (TPSA) is 83.1 Å². The van der Waals surface area contributed by atoms with Gasteiger partial charge in [-0.1, -0.05) is 0 Å². The molecule has 0 bridgehead atoms. The van der Waals surface area contributed by atoms with E-state index in [1.807, 2.05) is 0 Å². The fourth-order valence-corrected chi connectivity index (χ4v) is 3.06. The van der Waals surface area contributed by atoms with Crippen molar-refractivity contribution < 1.29 is 27.8 Å². The molecule has 0 aromatic heterocycles. The summed E-state index contributed by atoms with van der Waals surface area (Å²) in [6.07, 6.45) is -1.27. The number of hydrogen-bond acceptors (Lipinski definition) is 6. The Labute approximate surface area is 159 Å². The molecule has 146 valence electrons. The summed E-state index contributed by atoms with van der Waals surface area (Å²) >= 11 is 4.93. The van der Waals surface area contributed by atoms with Gasteiger partial charge in [-0.05, 0) is 19.1 Å². The van der Waals surface area contributed by atoms with E-state index in [1.54, 1.807) is 6.92 Å². The van der Waals surface area contributed by atoms with E-state index in [0.717, 1.165) is 17.0 Å². The first-order chi connectivity index (χ1) is 12.9. The molecule has 0 aliphatic carbocycles. The van der Waals surface area contributed by atoms with Crippen molar-refractivity contribution in [2.24, 2.45) is 0 Å². The van der Waals surface area contributed by atoms with Crippen molar-refractivity contribution in [3.8, 4) is 0 Å². The smallest absolute Gasteiger partial charge is 0.414 e. The van der Waals surface area contributed by atoms with Crippen LogP contribution in [0.1, 0.15) is 6.92 Å². The zero-order chi connectivity index (χ0) is 19.6. The van der Waals surface area contributed by atoms with E-state index in [9.17, 15) is 18.4 Å². The van der Waals surface area contributed by atoms with E-state index < -0.39 is 23.8 Å². The quantitative estimate of drug-likeness (QED) is 0.716. The van der Waals surface area contributed by atoms with Crippen molar-refractivity contribution in [2.45, 2.75) is 13.0 Å². The van der Waals surface area contributed by atoms with Crippen LogP contribution in [0.15, 0.2) is 12.1 Å². The Hall–Kier alpha value is -2.69. The van der Waals surface area contributed by atoms with Gasteiger partial charge in [-0.3, -0.25) is 9.69 Å². The predicted molar refractivity (Wildman–Crippen MR) is 96.6 cm³/mol. The maximum absolute atomic E-state index is 14.5. The fourth-order valence-electron chi connectivity index (χ4n) is 2.85. The van der Waals surface area contributed by atoms with Gasteiger partial charge in [0.2, 0.25) is 5.91 Å². The minimum Gasteiger partial charge on any atom is -0.471 e. The lowest BCUT2D eigenvalue weighted by atomic mass is 10.2. The second kappa shape index (κ2) is 7.91. The third-order valence-electron chi connectivity index (χ3n) is 4.05. The third-order valence-corrected chi connectivity index (χ3v) is 4.32. The predicted octanol–water partition coefficient (Wildman–Crippen LogP) is 1.09. The third kappa shape index (κ3) is 4.18. The molecule has 2 N–H and O–H groups in total. The molecule has 1 unspecified atom stereocenters. The lowest BCUT2D eigenvalue weighted by Gasteiger charge is -2.20. The van der Waals surface area contributed by atoms with Crippen LogP contribution in [0.5, 0.6) is 0 Å². The number of anilines is 2. The van der Waals surface area contributed by atoms with Crippen molar-refractivity contribution in [2.75, 3.05) is 42.7 Å². The van der Waals surface area contributed by atoms with Crippen LogP contribution >= 0.6 is 12.2 Å². The normalized spacial score (nSPS) is 19.1. The zero-order valence-electron chi connectivity index (χ0n) is 14.5. The van der Waals surface area contributed by atoms with Crippen molar-refractivity contribution in [1.29, 1.82) is 0 Å². The summed E-state index contributed by atoms with van der Waals surface area (Å²) < 4.78 is 39.2. The lowest BCUT2D eigenvalue weighted by Crippen LogP contribution is -2.34. The maximum Gasteiger partial charge on any atom is 0.414 e. The highest BCUT2D eigenvalue weighted by Gasteiger charge is 2.34. The van der Waals surface area contributed by atoms with Gasteiger partial charge < -0.3 is 25.0 Å². The van der Waals surface area contributed by atoms with Gasteiger partial charge in [-0.25, -0.2) is 13.6 Å². The molecule has 2 saturated heterocycles. The molecule has 0 radical (unpaired) electrons. The molecular weight excluding hydrogens is 382 g/mol. The van der Waals surface area contributed by atoms with E-state index in [0.29, 0.717) is 6.61 Å². The molecule has 2 aliphatic heterocycles. The number of halogens is 2. The molecule has 1 aromatic carbocycles. The van der Waals surface area contributed by atoms with E-state index in [1.165, 1.54) is 4.90 Å². The molecule has 0 saturated carbocycles. The number of rotatable bonds is 5. The number of benzene rings is 1. The highest BCUT2D eigenvalue weighted by Crippen LogP contribution is 2.31. The SMILES string of the molecule is CCOC(=S)NCC1CN(c2cc(F)c(N3CNC(=O)C3)c(F)c2)C(=O)O1. The summed E-state index contributed by atoms with van der Waals surface area (Å²) in [6, 6.07) is 2.09. The Kier molecular flexibility index (Phi) is 5.59. The van der Waals surface area contributed by atoms with Crippen molar-refractivity contribution in [3.63, 3.8) is 0 Å². The molecule has 2 aliphatic rings. The van der Waals surface area contributed by atoms with Gasteiger partial charge in [0.1, 0.15) is 11.8 Å². The van der Waals surface area contributed by atoms with Gasteiger partial charge in [-0.2, -0.15) is 0 Å². The molecule has 2 fully saturated rings. The average Bonchev–Trinajstić information content (AvgIpc) is 3.18. The van der Waals surface area contributed by atoms with Gasteiger partial charge in [-0.15, -0.1) is 0 Å². The summed E-state index contributed by atoms with van der Waals surface area (Å²) in [5, 5.41) is 5.46. The van der Waals surface area contributed by atoms with Crippen LogP contribution < -0.4 is 20.4 Å². The minimum absolute atomic E-state index is 0.0191. The number of hydrogen-bond donors (Lipinski definition) is 2. The van der Waals surface area contributed by atoms with Gasteiger partial charge in [0, 0.05) is 12.1 Å². The Morgan fingerprint density at radius 2 is 2.11 bits per heavy atom. The molecule has 27 heavy (non-hydrogen) atoms. The summed E-state index contributed by atoms with van der Waals surface area (Å²) in [7, 11) is 0. The lowest BCUT2D eigenvalue weighted by molar-refractivity contribution is -0.118. The second-order valence-electron chi connectivity index (χ2n) is 5.93. The Morgan fingerprint density at radius 1 is 1.41 bits per heavy atom. The summed E-state index contributed by atoms with van der Waals surface area (Å²) in [5.74, 6) is -2.05. The van der Waals surface area contributed by atoms with E-state index in [-0.39, 0.29) is 48.8 Å². The first kappa shape index (κ1) is 19.1. The average molecular weight is 400 g/mol. The molecule has 8 nitrogen and oxygen atoms in total. The number of amides is 2. The van der Waals surface area contributed by atoms with E-state index in [4.69, 9.17) is 21.7 Å². The van der Waals surface area contributed by atoms with Crippen molar-refractivity contribution >= 4 is 40.8 Å². The Bertz CT molecular complexity index is 756. The van der Waals surface area contributed by atoms with Crippen LogP contribution in [0.3, 0.4) is 0 Å². The zero-order valence-corrected chi connectivity index (χ0v) is 15.3. The number of carbonyl (C=O) groups excluding carboxylic acids is 2. The summed E-state index contributed by atoms with van der Waals surface area (Å²) in [4.78, 5) is 25.7. The van der Waals surface area contributed by atoms with Crippen molar-refractivity contribution in [1.82, 2.24) is 10.6 Å². The largest absolute Gasteiger partial charge is 0.471 e. The van der Waals surface area contributed by atoms with Crippen LogP contribution in [0.4, 0.5) is 25.0 Å². The molecule has 2 heterocycles. The molecular formula is C16H18F2N4O4S. The standard InChI is InChI=1S/C16H18F2N4O4S/c1-2-25-15(27)19-5-10-6-22(16(24)26-10)9-3-11(17)14(12(18)4-9)21-7-13(23)20-8-21/h3-4,10H,2,5-8H2,1H3,(H,19,27)(H,20,23). The number of nitrogens with one attached hydrogen (secondary N) is 2. The summed E-state index contributed by atoms with van der Waals surface area (Å²) in [6.45, 7) is 2.39. The van der Waals surface area contributed by atoms with Crippen LogP contribution in [0.2, 0.25) is 0 Å². The van der Waals surface area contributed by atoms with Crippen LogP contribution in [-0.2, 0) is 14.3 Å². The molecule has 1 atom stereocenters.